The van der Waals surface area contributed by atoms with Crippen LogP contribution in [0.25, 0.3) is 11.1 Å². The summed E-state index contributed by atoms with van der Waals surface area (Å²) in [7, 11) is 0. The molecule has 1 N–H and O–H groups in total. The molecule has 5 nitrogen and oxygen atoms in total. The molecule has 0 fully saturated rings. The van der Waals surface area contributed by atoms with Crippen LogP contribution < -0.4 is 5.32 Å². The van der Waals surface area contributed by atoms with E-state index in [1.165, 1.54) is 6.26 Å². The Morgan fingerprint density at radius 2 is 2.19 bits per heavy atom. The van der Waals surface area contributed by atoms with Crippen molar-refractivity contribution in [2.24, 2.45) is 0 Å². The van der Waals surface area contributed by atoms with Gasteiger partial charge in [0, 0.05) is 18.8 Å². The summed E-state index contributed by atoms with van der Waals surface area (Å²) >= 11 is 0. The monoisotopic (exact) mass is 217 g/mol. The zero-order valence-electron chi connectivity index (χ0n) is 8.80. The second kappa shape index (κ2) is 4.57. The zero-order valence-corrected chi connectivity index (χ0v) is 8.80. The summed E-state index contributed by atoms with van der Waals surface area (Å²) < 4.78 is 4.86. The largest absolute Gasteiger partial charge is 0.362 e. The summed E-state index contributed by atoms with van der Waals surface area (Å²) in [4.78, 5) is 15.2. The molecule has 16 heavy (non-hydrogen) atoms. The van der Waals surface area contributed by atoms with Crippen LogP contribution in [-0.2, 0) is 4.79 Å². The van der Waals surface area contributed by atoms with Gasteiger partial charge in [-0.2, -0.15) is 0 Å². The van der Waals surface area contributed by atoms with E-state index >= 15 is 0 Å². The number of carbonyl (C=O) groups is 1. The molecule has 0 radical (unpaired) electrons. The highest BCUT2D eigenvalue weighted by Crippen LogP contribution is 2.26. The van der Waals surface area contributed by atoms with Gasteiger partial charge in [0.15, 0.2) is 5.82 Å². The lowest BCUT2D eigenvalue weighted by atomic mass is 10.1. The van der Waals surface area contributed by atoms with Gasteiger partial charge in [0.05, 0.1) is 5.56 Å². The first kappa shape index (κ1) is 10.4. The zero-order chi connectivity index (χ0) is 11.4. The summed E-state index contributed by atoms with van der Waals surface area (Å²) in [6.07, 6.45) is 5.25. The molecule has 82 valence electrons. The molecule has 0 spiro atoms. The van der Waals surface area contributed by atoms with Crippen LogP contribution in [-0.4, -0.2) is 16.0 Å². The SMILES string of the molecule is CCC(=O)Nc1nocc1-c1ccncc1. The number of nitrogens with one attached hydrogen (secondary N) is 1. The Bertz CT molecular complexity index is 479. The van der Waals surface area contributed by atoms with E-state index in [0.717, 1.165) is 11.1 Å². The molecule has 2 aromatic heterocycles. The number of pyridine rings is 1. The Labute approximate surface area is 92.5 Å². The van der Waals surface area contributed by atoms with Gasteiger partial charge < -0.3 is 9.84 Å². The van der Waals surface area contributed by atoms with Crippen molar-refractivity contribution in [3.05, 3.63) is 30.8 Å². The van der Waals surface area contributed by atoms with E-state index in [9.17, 15) is 4.79 Å². The predicted octanol–water partition coefficient (Wildman–Crippen LogP) is 2.09. The Morgan fingerprint density at radius 1 is 1.44 bits per heavy atom. The highest BCUT2D eigenvalue weighted by Gasteiger charge is 2.11. The van der Waals surface area contributed by atoms with E-state index in [2.05, 4.69) is 15.5 Å². The number of carbonyl (C=O) groups excluding carboxylic acids is 1. The van der Waals surface area contributed by atoms with Crippen molar-refractivity contribution < 1.29 is 9.32 Å². The van der Waals surface area contributed by atoms with Crippen LogP contribution in [0.3, 0.4) is 0 Å². The van der Waals surface area contributed by atoms with Crippen molar-refractivity contribution in [3.8, 4) is 11.1 Å². The highest BCUT2D eigenvalue weighted by atomic mass is 16.5. The third-order valence-corrected chi connectivity index (χ3v) is 2.14. The first-order valence-electron chi connectivity index (χ1n) is 4.96. The number of amides is 1. The Kier molecular flexibility index (Phi) is 2.95. The number of anilines is 1. The van der Waals surface area contributed by atoms with Crippen LogP contribution >= 0.6 is 0 Å². The molecule has 1 amide bonds. The van der Waals surface area contributed by atoms with E-state index in [1.807, 2.05) is 12.1 Å². The van der Waals surface area contributed by atoms with Crippen molar-refractivity contribution in [1.29, 1.82) is 0 Å². The molecule has 0 aromatic carbocycles. The van der Waals surface area contributed by atoms with E-state index < -0.39 is 0 Å². The van der Waals surface area contributed by atoms with Gasteiger partial charge in [-0.25, -0.2) is 0 Å². The number of hydrogen-bond acceptors (Lipinski definition) is 4. The summed E-state index contributed by atoms with van der Waals surface area (Å²) in [6, 6.07) is 3.66. The van der Waals surface area contributed by atoms with Crippen molar-refractivity contribution in [3.63, 3.8) is 0 Å². The quantitative estimate of drug-likeness (QED) is 0.854. The van der Waals surface area contributed by atoms with Crippen LogP contribution in [0.15, 0.2) is 35.3 Å². The lowest BCUT2D eigenvalue weighted by Crippen LogP contribution is -2.10. The van der Waals surface area contributed by atoms with E-state index in [0.29, 0.717) is 12.2 Å². The summed E-state index contributed by atoms with van der Waals surface area (Å²) in [5.74, 6) is 0.349. The topological polar surface area (TPSA) is 68.0 Å². The molecule has 5 heteroatoms. The molecule has 2 heterocycles. The molecule has 0 atom stereocenters. The fraction of sp³-hybridized carbons (Fsp3) is 0.182. The number of rotatable bonds is 3. The predicted molar refractivity (Wildman–Crippen MR) is 58.7 cm³/mol. The fourth-order valence-corrected chi connectivity index (χ4v) is 1.28. The summed E-state index contributed by atoms with van der Waals surface area (Å²) in [6.45, 7) is 1.78. The molecule has 0 aliphatic heterocycles. The van der Waals surface area contributed by atoms with Crippen molar-refractivity contribution >= 4 is 11.7 Å². The van der Waals surface area contributed by atoms with Crippen LogP contribution in [0.2, 0.25) is 0 Å². The van der Waals surface area contributed by atoms with Gasteiger partial charge in [-0.15, -0.1) is 0 Å². The minimum Gasteiger partial charge on any atom is -0.362 e. The van der Waals surface area contributed by atoms with Gasteiger partial charge in [-0.05, 0) is 17.7 Å². The normalized spacial score (nSPS) is 10.1. The van der Waals surface area contributed by atoms with Crippen LogP contribution in [0.1, 0.15) is 13.3 Å². The van der Waals surface area contributed by atoms with Gasteiger partial charge in [0.1, 0.15) is 6.26 Å². The maximum atomic E-state index is 11.3. The van der Waals surface area contributed by atoms with Crippen molar-refractivity contribution in [2.45, 2.75) is 13.3 Å². The van der Waals surface area contributed by atoms with Crippen LogP contribution in [0.5, 0.6) is 0 Å². The van der Waals surface area contributed by atoms with E-state index in [4.69, 9.17) is 4.52 Å². The van der Waals surface area contributed by atoms with Gasteiger partial charge in [0.25, 0.3) is 0 Å². The van der Waals surface area contributed by atoms with Gasteiger partial charge in [0.2, 0.25) is 5.91 Å². The second-order valence-corrected chi connectivity index (χ2v) is 3.21. The Hall–Kier alpha value is -2.17. The molecule has 2 rings (SSSR count). The minimum atomic E-state index is -0.0933. The average Bonchev–Trinajstić information content (AvgIpc) is 2.78. The lowest BCUT2D eigenvalue weighted by molar-refractivity contribution is -0.115. The molecular formula is C11H11N3O2. The highest BCUT2D eigenvalue weighted by molar-refractivity contribution is 5.93. The van der Waals surface area contributed by atoms with Gasteiger partial charge in [-0.1, -0.05) is 12.1 Å². The van der Waals surface area contributed by atoms with Gasteiger partial charge in [-0.3, -0.25) is 9.78 Å². The molecule has 0 aliphatic carbocycles. The molecular weight excluding hydrogens is 206 g/mol. The third kappa shape index (κ3) is 2.08. The Balaban J connectivity index is 2.29. The molecule has 0 bridgehead atoms. The smallest absolute Gasteiger partial charge is 0.225 e. The Morgan fingerprint density at radius 3 is 2.88 bits per heavy atom. The minimum absolute atomic E-state index is 0.0933. The van der Waals surface area contributed by atoms with Crippen LogP contribution in [0, 0.1) is 0 Å². The maximum Gasteiger partial charge on any atom is 0.225 e. The number of hydrogen-bond donors (Lipinski definition) is 1. The molecule has 0 saturated carbocycles. The first-order valence-corrected chi connectivity index (χ1v) is 4.96. The standard InChI is InChI=1S/C11H11N3O2/c1-2-10(15)13-11-9(7-16-14-11)8-3-5-12-6-4-8/h3-7H,2H2,1H3,(H,13,14,15). The van der Waals surface area contributed by atoms with E-state index in [-0.39, 0.29) is 5.91 Å². The third-order valence-electron chi connectivity index (χ3n) is 2.14. The molecule has 0 aliphatic rings. The molecule has 0 saturated heterocycles. The summed E-state index contributed by atoms with van der Waals surface area (Å²) in [5.41, 5.74) is 1.66. The van der Waals surface area contributed by atoms with Crippen molar-refractivity contribution in [1.82, 2.24) is 10.1 Å². The molecule has 2 aromatic rings. The average molecular weight is 217 g/mol. The van der Waals surface area contributed by atoms with Crippen molar-refractivity contribution in [2.75, 3.05) is 5.32 Å². The van der Waals surface area contributed by atoms with Crippen LogP contribution in [0.4, 0.5) is 5.82 Å². The maximum absolute atomic E-state index is 11.3. The fourth-order valence-electron chi connectivity index (χ4n) is 1.28. The van der Waals surface area contributed by atoms with Gasteiger partial charge >= 0.3 is 0 Å². The molecule has 0 unspecified atom stereocenters. The number of aromatic nitrogens is 2. The second-order valence-electron chi connectivity index (χ2n) is 3.21. The number of nitrogens with zero attached hydrogens (tertiary/aromatic N) is 2. The first-order chi connectivity index (χ1) is 7.81. The summed E-state index contributed by atoms with van der Waals surface area (Å²) in [5, 5.41) is 6.43. The van der Waals surface area contributed by atoms with E-state index in [1.54, 1.807) is 19.3 Å². The lowest BCUT2D eigenvalue weighted by Gasteiger charge is -2.01.